The van der Waals surface area contributed by atoms with Crippen molar-refractivity contribution in [2.24, 2.45) is 7.05 Å². The van der Waals surface area contributed by atoms with Crippen LogP contribution in [0.2, 0.25) is 0 Å². The van der Waals surface area contributed by atoms with Crippen LogP contribution in [0.5, 0.6) is 0 Å². The second kappa shape index (κ2) is 4.14. The zero-order valence-corrected chi connectivity index (χ0v) is 10.2. The third kappa shape index (κ3) is 2.12. The first-order chi connectivity index (χ1) is 7.99. The van der Waals surface area contributed by atoms with Crippen LogP contribution in [0.1, 0.15) is 11.4 Å². The van der Waals surface area contributed by atoms with Crippen LogP contribution in [0.4, 0.5) is 0 Å². The minimum absolute atomic E-state index is 0.0419. The van der Waals surface area contributed by atoms with E-state index in [9.17, 15) is 9.59 Å². The minimum atomic E-state index is -0.474. The summed E-state index contributed by atoms with van der Waals surface area (Å²) in [7, 11) is 1.87. The maximum Gasteiger partial charge on any atom is 0.263 e. The summed E-state index contributed by atoms with van der Waals surface area (Å²) in [6.45, 7) is 1.94. The van der Waals surface area contributed by atoms with E-state index in [0.717, 1.165) is 11.4 Å². The highest BCUT2D eigenvalue weighted by atomic mass is 32.1. The standard InChI is InChI=1S/C11H11N3O2S/c1-6-3-4-7(14(6)2)5-8-9(15)12-11(17)13-10(8)16/h3-5H,1-2H3,(H2,12,13,15,16,17). The van der Waals surface area contributed by atoms with Gasteiger partial charge in [-0.15, -0.1) is 0 Å². The number of hydrogen-bond acceptors (Lipinski definition) is 3. The summed E-state index contributed by atoms with van der Waals surface area (Å²) < 4.78 is 1.89. The van der Waals surface area contributed by atoms with Gasteiger partial charge in [0.25, 0.3) is 11.8 Å². The number of aryl methyl sites for hydroxylation is 1. The zero-order chi connectivity index (χ0) is 12.6. The van der Waals surface area contributed by atoms with Crippen molar-refractivity contribution in [2.75, 3.05) is 0 Å². The van der Waals surface area contributed by atoms with Crippen LogP contribution in [-0.4, -0.2) is 21.5 Å². The minimum Gasteiger partial charge on any atom is -0.348 e. The lowest BCUT2D eigenvalue weighted by molar-refractivity contribution is -0.123. The topological polar surface area (TPSA) is 63.1 Å². The van der Waals surface area contributed by atoms with E-state index in [0.29, 0.717) is 0 Å². The van der Waals surface area contributed by atoms with Crippen molar-refractivity contribution in [1.29, 1.82) is 0 Å². The molecule has 1 aliphatic heterocycles. The third-order valence-corrected chi connectivity index (χ3v) is 2.85. The van der Waals surface area contributed by atoms with Crippen LogP contribution in [0.3, 0.4) is 0 Å². The van der Waals surface area contributed by atoms with Crippen LogP contribution in [0.15, 0.2) is 17.7 Å². The average molecular weight is 249 g/mol. The number of rotatable bonds is 1. The summed E-state index contributed by atoms with van der Waals surface area (Å²) in [4.78, 5) is 23.2. The number of carbonyl (C=O) groups excluding carboxylic acids is 2. The van der Waals surface area contributed by atoms with Crippen LogP contribution >= 0.6 is 12.2 Å². The van der Waals surface area contributed by atoms with Crippen molar-refractivity contribution >= 4 is 35.2 Å². The van der Waals surface area contributed by atoms with Crippen LogP contribution < -0.4 is 10.6 Å². The van der Waals surface area contributed by atoms with Crippen molar-refractivity contribution in [3.8, 4) is 0 Å². The van der Waals surface area contributed by atoms with Gasteiger partial charge < -0.3 is 4.57 Å². The Kier molecular flexibility index (Phi) is 2.81. The predicted octanol–water partition coefficient (Wildman–Crippen LogP) is 0.248. The molecule has 0 saturated carbocycles. The molecule has 1 saturated heterocycles. The number of hydrogen-bond donors (Lipinski definition) is 2. The molecule has 0 aliphatic carbocycles. The monoisotopic (exact) mass is 249 g/mol. The molecule has 1 aliphatic rings. The van der Waals surface area contributed by atoms with Crippen molar-refractivity contribution in [3.05, 3.63) is 29.1 Å². The van der Waals surface area contributed by atoms with Gasteiger partial charge in [-0.2, -0.15) is 0 Å². The van der Waals surface area contributed by atoms with Crippen molar-refractivity contribution in [1.82, 2.24) is 15.2 Å². The first-order valence-electron chi connectivity index (χ1n) is 4.99. The fourth-order valence-electron chi connectivity index (χ4n) is 1.53. The van der Waals surface area contributed by atoms with E-state index in [4.69, 9.17) is 12.2 Å². The maximum absolute atomic E-state index is 11.6. The van der Waals surface area contributed by atoms with E-state index in [1.54, 1.807) is 6.08 Å². The SMILES string of the molecule is Cc1ccc(C=C2C(=O)NC(=S)NC2=O)n1C. The van der Waals surface area contributed by atoms with Gasteiger partial charge in [0, 0.05) is 18.4 Å². The summed E-state index contributed by atoms with van der Waals surface area (Å²) in [5.41, 5.74) is 1.89. The Morgan fingerprint density at radius 3 is 2.29 bits per heavy atom. The van der Waals surface area contributed by atoms with E-state index < -0.39 is 11.8 Å². The number of aromatic nitrogens is 1. The fraction of sp³-hybridized carbons (Fsp3) is 0.182. The second-order valence-electron chi connectivity index (χ2n) is 3.75. The highest BCUT2D eigenvalue weighted by Crippen LogP contribution is 2.12. The third-order valence-electron chi connectivity index (χ3n) is 2.65. The number of nitrogens with one attached hydrogen (secondary N) is 2. The average Bonchev–Trinajstić information content (AvgIpc) is 2.54. The molecule has 1 aromatic heterocycles. The highest BCUT2D eigenvalue weighted by Gasteiger charge is 2.25. The van der Waals surface area contributed by atoms with Crippen LogP contribution in [-0.2, 0) is 16.6 Å². The number of nitrogens with zero attached hydrogens (tertiary/aromatic N) is 1. The first-order valence-corrected chi connectivity index (χ1v) is 5.40. The predicted molar refractivity (Wildman–Crippen MR) is 67.0 cm³/mol. The molecule has 6 heteroatoms. The molecule has 17 heavy (non-hydrogen) atoms. The van der Waals surface area contributed by atoms with Crippen LogP contribution in [0.25, 0.3) is 6.08 Å². The fourth-order valence-corrected chi connectivity index (χ4v) is 1.72. The van der Waals surface area contributed by atoms with Gasteiger partial charge in [0.05, 0.1) is 0 Å². The quantitative estimate of drug-likeness (QED) is 0.426. The first kappa shape index (κ1) is 11.5. The number of carbonyl (C=O) groups is 2. The molecule has 2 rings (SSSR count). The van der Waals surface area contributed by atoms with Gasteiger partial charge >= 0.3 is 0 Å². The Bertz CT molecular complexity index is 535. The lowest BCUT2D eigenvalue weighted by Gasteiger charge is -2.16. The molecule has 0 atom stereocenters. The molecule has 0 radical (unpaired) electrons. The molecule has 2 N–H and O–H groups in total. The Hall–Kier alpha value is -1.95. The van der Waals surface area contributed by atoms with Gasteiger partial charge in [-0.05, 0) is 37.4 Å². The van der Waals surface area contributed by atoms with E-state index in [1.807, 2.05) is 30.7 Å². The molecule has 2 heterocycles. The van der Waals surface area contributed by atoms with Gasteiger partial charge in [0.2, 0.25) is 0 Å². The van der Waals surface area contributed by atoms with Crippen molar-refractivity contribution < 1.29 is 9.59 Å². The summed E-state index contributed by atoms with van der Waals surface area (Å²) in [5.74, 6) is -0.949. The molecule has 1 aromatic rings. The maximum atomic E-state index is 11.6. The molecule has 0 spiro atoms. The zero-order valence-electron chi connectivity index (χ0n) is 9.40. The lowest BCUT2D eigenvalue weighted by Crippen LogP contribution is -2.51. The van der Waals surface area contributed by atoms with Gasteiger partial charge in [-0.25, -0.2) is 0 Å². The molecular formula is C11H11N3O2S. The van der Waals surface area contributed by atoms with E-state index >= 15 is 0 Å². The molecule has 2 amide bonds. The molecule has 1 fully saturated rings. The molecular weight excluding hydrogens is 238 g/mol. The van der Waals surface area contributed by atoms with E-state index in [-0.39, 0.29) is 10.7 Å². The van der Waals surface area contributed by atoms with Crippen molar-refractivity contribution in [2.45, 2.75) is 6.92 Å². The number of amides is 2. The van der Waals surface area contributed by atoms with E-state index in [1.165, 1.54) is 0 Å². The Balaban J connectivity index is 2.39. The summed E-state index contributed by atoms with van der Waals surface area (Å²) in [6.07, 6.45) is 1.54. The molecule has 0 bridgehead atoms. The molecule has 0 unspecified atom stereocenters. The lowest BCUT2D eigenvalue weighted by atomic mass is 10.1. The largest absolute Gasteiger partial charge is 0.348 e. The van der Waals surface area contributed by atoms with Gasteiger partial charge in [0.15, 0.2) is 5.11 Å². The van der Waals surface area contributed by atoms with Crippen LogP contribution in [0, 0.1) is 6.92 Å². The molecule has 5 nitrogen and oxygen atoms in total. The normalized spacial score (nSPS) is 15.6. The van der Waals surface area contributed by atoms with E-state index in [2.05, 4.69) is 10.6 Å². The summed E-state index contributed by atoms with van der Waals surface area (Å²) in [6, 6.07) is 3.76. The highest BCUT2D eigenvalue weighted by molar-refractivity contribution is 7.80. The Morgan fingerprint density at radius 2 is 1.82 bits per heavy atom. The summed E-state index contributed by atoms with van der Waals surface area (Å²) >= 11 is 4.71. The number of thiocarbonyl (C=S) groups is 1. The van der Waals surface area contributed by atoms with Gasteiger partial charge in [-0.1, -0.05) is 0 Å². The smallest absolute Gasteiger partial charge is 0.263 e. The van der Waals surface area contributed by atoms with Crippen molar-refractivity contribution in [3.63, 3.8) is 0 Å². The second-order valence-corrected chi connectivity index (χ2v) is 4.16. The summed E-state index contributed by atoms with van der Waals surface area (Å²) in [5, 5.41) is 4.82. The van der Waals surface area contributed by atoms with Gasteiger partial charge in [0.1, 0.15) is 5.57 Å². The molecule has 88 valence electrons. The van der Waals surface area contributed by atoms with Gasteiger partial charge in [-0.3, -0.25) is 20.2 Å². The Morgan fingerprint density at radius 1 is 1.24 bits per heavy atom. The Labute approximate surface area is 103 Å². The molecule has 0 aromatic carbocycles.